The summed E-state index contributed by atoms with van der Waals surface area (Å²) in [6.45, 7) is 6.05. The van der Waals surface area contributed by atoms with Crippen LogP contribution >= 0.6 is 11.3 Å². The molecule has 3 rings (SSSR count). The van der Waals surface area contributed by atoms with Crippen LogP contribution in [0.2, 0.25) is 0 Å². The van der Waals surface area contributed by atoms with Crippen molar-refractivity contribution in [2.45, 2.75) is 39.7 Å². The summed E-state index contributed by atoms with van der Waals surface area (Å²) in [7, 11) is 0. The van der Waals surface area contributed by atoms with Gasteiger partial charge in [0.05, 0.1) is 11.8 Å². The Morgan fingerprint density at radius 2 is 1.96 bits per heavy atom. The minimum Gasteiger partial charge on any atom is -0.481 e. The van der Waals surface area contributed by atoms with E-state index in [9.17, 15) is 9.59 Å². The summed E-state index contributed by atoms with van der Waals surface area (Å²) in [5.41, 5.74) is 1.72. The summed E-state index contributed by atoms with van der Waals surface area (Å²) in [4.78, 5) is 30.7. The maximum atomic E-state index is 13.2. The van der Waals surface area contributed by atoms with Crippen molar-refractivity contribution in [3.05, 3.63) is 51.4 Å². The average Bonchev–Trinajstić information content (AvgIpc) is 2.90. The van der Waals surface area contributed by atoms with Crippen LogP contribution in [-0.4, -0.2) is 20.6 Å². The summed E-state index contributed by atoms with van der Waals surface area (Å²) in [5, 5.41) is 9.60. The van der Waals surface area contributed by atoms with Crippen molar-refractivity contribution in [1.82, 2.24) is 9.55 Å². The standard InChI is InChI=1S/C19H20N2O3S/c1-11(2)17-20-18-16(19(24)21(17)10-9-14(22)23)15(12(3)25-18)13-7-5-4-6-8-13/h4-8,11H,9-10H2,1-3H3,(H,22,23). The number of carboxylic acid groups (broad SMARTS) is 1. The largest absolute Gasteiger partial charge is 0.481 e. The van der Waals surface area contributed by atoms with Gasteiger partial charge in [-0.25, -0.2) is 4.98 Å². The van der Waals surface area contributed by atoms with Crippen LogP contribution in [-0.2, 0) is 11.3 Å². The molecule has 3 aromatic rings. The smallest absolute Gasteiger partial charge is 0.305 e. The maximum Gasteiger partial charge on any atom is 0.305 e. The summed E-state index contributed by atoms with van der Waals surface area (Å²) < 4.78 is 1.53. The van der Waals surface area contributed by atoms with Crippen molar-refractivity contribution in [3.63, 3.8) is 0 Å². The van der Waals surface area contributed by atoms with E-state index in [1.807, 2.05) is 51.1 Å². The molecule has 0 unspecified atom stereocenters. The Morgan fingerprint density at radius 3 is 2.56 bits per heavy atom. The average molecular weight is 356 g/mol. The van der Waals surface area contributed by atoms with E-state index < -0.39 is 5.97 Å². The van der Waals surface area contributed by atoms with E-state index in [0.717, 1.165) is 20.8 Å². The first kappa shape index (κ1) is 17.4. The number of aryl methyl sites for hydroxylation is 1. The molecule has 130 valence electrons. The maximum absolute atomic E-state index is 13.2. The van der Waals surface area contributed by atoms with Crippen molar-refractivity contribution in [3.8, 4) is 11.1 Å². The molecular weight excluding hydrogens is 336 g/mol. The van der Waals surface area contributed by atoms with Gasteiger partial charge in [-0.2, -0.15) is 0 Å². The van der Waals surface area contributed by atoms with Gasteiger partial charge in [0.15, 0.2) is 0 Å². The third-order valence-electron chi connectivity index (χ3n) is 4.15. The predicted octanol–water partition coefficient (Wildman–Crippen LogP) is 4.03. The lowest BCUT2D eigenvalue weighted by atomic mass is 10.0. The van der Waals surface area contributed by atoms with Crippen molar-refractivity contribution in [2.24, 2.45) is 0 Å². The third kappa shape index (κ3) is 3.22. The molecule has 0 aliphatic rings. The van der Waals surface area contributed by atoms with Crippen molar-refractivity contribution in [2.75, 3.05) is 0 Å². The molecule has 0 aliphatic heterocycles. The molecule has 5 nitrogen and oxygen atoms in total. The quantitative estimate of drug-likeness (QED) is 0.749. The predicted molar refractivity (Wildman–Crippen MR) is 100 cm³/mol. The molecule has 6 heteroatoms. The fourth-order valence-corrected chi connectivity index (χ4v) is 4.07. The fraction of sp³-hybridized carbons (Fsp3) is 0.316. The Kier molecular flexibility index (Phi) is 4.72. The minimum atomic E-state index is -0.925. The summed E-state index contributed by atoms with van der Waals surface area (Å²) >= 11 is 1.51. The van der Waals surface area contributed by atoms with E-state index in [1.54, 1.807) is 0 Å². The molecule has 1 aromatic carbocycles. The molecule has 0 spiro atoms. The lowest BCUT2D eigenvalue weighted by Gasteiger charge is -2.14. The van der Waals surface area contributed by atoms with Crippen LogP contribution in [0.4, 0.5) is 0 Å². The Hall–Kier alpha value is -2.47. The summed E-state index contributed by atoms with van der Waals surface area (Å²) in [6, 6.07) is 9.78. The van der Waals surface area contributed by atoms with E-state index in [4.69, 9.17) is 10.1 Å². The van der Waals surface area contributed by atoms with E-state index in [-0.39, 0.29) is 24.4 Å². The van der Waals surface area contributed by atoms with Crippen LogP contribution in [0, 0.1) is 6.92 Å². The Balaban J connectivity index is 2.31. The van der Waals surface area contributed by atoms with Crippen molar-refractivity contribution < 1.29 is 9.90 Å². The second-order valence-electron chi connectivity index (χ2n) is 6.30. The first-order chi connectivity index (χ1) is 11.9. The number of benzene rings is 1. The van der Waals surface area contributed by atoms with Gasteiger partial charge in [-0.3, -0.25) is 14.2 Å². The SMILES string of the molecule is Cc1sc2nc(C(C)C)n(CCC(=O)O)c(=O)c2c1-c1ccccc1. The second kappa shape index (κ2) is 6.80. The lowest BCUT2D eigenvalue weighted by molar-refractivity contribution is -0.137. The topological polar surface area (TPSA) is 72.2 Å². The number of carbonyl (C=O) groups is 1. The number of rotatable bonds is 5. The number of carboxylic acids is 1. The molecular formula is C19H20N2O3S. The highest BCUT2D eigenvalue weighted by molar-refractivity contribution is 7.19. The van der Waals surface area contributed by atoms with Gasteiger partial charge in [0.2, 0.25) is 0 Å². The molecule has 0 atom stereocenters. The first-order valence-corrected chi connectivity index (χ1v) is 9.02. The molecule has 2 aromatic heterocycles. The molecule has 0 radical (unpaired) electrons. The van der Waals surface area contributed by atoms with Crippen LogP contribution in [0.15, 0.2) is 35.1 Å². The van der Waals surface area contributed by atoms with Crippen molar-refractivity contribution in [1.29, 1.82) is 0 Å². The van der Waals surface area contributed by atoms with Gasteiger partial charge in [0.1, 0.15) is 10.7 Å². The Labute approximate surface area is 149 Å². The van der Waals surface area contributed by atoms with Gasteiger partial charge < -0.3 is 5.11 Å². The molecule has 0 amide bonds. The Morgan fingerprint density at radius 1 is 1.28 bits per heavy atom. The molecule has 25 heavy (non-hydrogen) atoms. The molecule has 0 saturated heterocycles. The van der Waals surface area contributed by atoms with Crippen LogP contribution in [0.1, 0.15) is 36.9 Å². The molecule has 0 aliphatic carbocycles. The summed E-state index contributed by atoms with van der Waals surface area (Å²) in [5.74, 6) is -0.250. The third-order valence-corrected chi connectivity index (χ3v) is 5.14. The zero-order valence-electron chi connectivity index (χ0n) is 14.4. The minimum absolute atomic E-state index is 0.0356. The summed E-state index contributed by atoms with van der Waals surface area (Å²) in [6.07, 6.45) is -0.101. The van der Waals surface area contributed by atoms with Crippen LogP contribution < -0.4 is 5.56 Å². The normalized spacial score (nSPS) is 11.4. The number of nitrogens with zero attached hydrogens (tertiary/aromatic N) is 2. The zero-order valence-corrected chi connectivity index (χ0v) is 15.3. The first-order valence-electron chi connectivity index (χ1n) is 8.21. The van der Waals surface area contributed by atoms with E-state index in [0.29, 0.717) is 11.2 Å². The van der Waals surface area contributed by atoms with Gasteiger partial charge in [-0.15, -0.1) is 11.3 Å². The van der Waals surface area contributed by atoms with E-state index in [2.05, 4.69) is 0 Å². The number of fused-ring (bicyclic) bond motifs is 1. The molecule has 1 N–H and O–H groups in total. The second-order valence-corrected chi connectivity index (χ2v) is 7.51. The highest BCUT2D eigenvalue weighted by Gasteiger charge is 2.21. The Bertz CT molecular complexity index is 987. The lowest BCUT2D eigenvalue weighted by Crippen LogP contribution is -2.27. The molecule has 0 saturated carbocycles. The van der Waals surface area contributed by atoms with Crippen LogP contribution in [0.5, 0.6) is 0 Å². The number of aromatic nitrogens is 2. The van der Waals surface area contributed by atoms with Crippen molar-refractivity contribution >= 4 is 27.5 Å². The highest BCUT2D eigenvalue weighted by Crippen LogP contribution is 2.36. The number of thiophene rings is 1. The van der Waals surface area contributed by atoms with Crippen LogP contribution in [0.3, 0.4) is 0 Å². The van der Waals surface area contributed by atoms with Gasteiger partial charge in [-0.1, -0.05) is 44.2 Å². The number of hydrogen-bond donors (Lipinski definition) is 1. The number of hydrogen-bond acceptors (Lipinski definition) is 4. The number of aliphatic carboxylic acids is 1. The van der Waals surface area contributed by atoms with Crippen LogP contribution in [0.25, 0.3) is 21.3 Å². The van der Waals surface area contributed by atoms with E-state index in [1.165, 1.54) is 15.9 Å². The van der Waals surface area contributed by atoms with Gasteiger partial charge in [0.25, 0.3) is 5.56 Å². The van der Waals surface area contributed by atoms with Gasteiger partial charge in [-0.05, 0) is 12.5 Å². The van der Waals surface area contributed by atoms with E-state index >= 15 is 0 Å². The molecule has 0 bridgehead atoms. The molecule has 0 fully saturated rings. The van der Waals surface area contributed by atoms with Gasteiger partial charge in [0, 0.05) is 22.9 Å². The highest BCUT2D eigenvalue weighted by atomic mass is 32.1. The monoisotopic (exact) mass is 356 g/mol. The fourth-order valence-electron chi connectivity index (χ4n) is 3.03. The van der Waals surface area contributed by atoms with Gasteiger partial charge >= 0.3 is 5.97 Å². The zero-order chi connectivity index (χ0) is 18.1. The molecule has 2 heterocycles.